The van der Waals surface area contributed by atoms with E-state index in [1.807, 2.05) is 19.1 Å². The molecule has 3 rings (SSSR count). The van der Waals surface area contributed by atoms with Crippen LogP contribution in [0.1, 0.15) is 52.7 Å². The van der Waals surface area contributed by atoms with Gasteiger partial charge in [-0.1, -0.05) is 43.2 Å². The summed E-state index contributed by atoms with van der Waals surface area (Å²) in [6.45, 7) is 5.58. The second-order valence-corrected chi connectivity index (χ2v) is 11.1. The van der Waals surface area contributed by atoms with Crippen LogP contribution >= 0.6 is 11.8 Å². The molecule has 1 aliphatic heterocycles. The van der Waals surface area contributed by atoms with Gasteiger partial charge in [0.15, 0.2) is 0 Å². The third-order valence-electron chi connectivity index (χ3n) is 5.71. The van der Waals surface area contributed by atoms with Crippen LogP contribution in [0.4, 0.5) is 0 Å². The SMILES string of the molecule is Cc1ccccc1CSCCNC(=O)c1cc(S(=O)(=O)N2CCCCCC2)ccc1C. The van der Waals surface area contributed by atoms with Crippen LogP contribution in [0.2, 0.25) is 0 Å². The molecule has 1 N–H and O–H groups in total. The van der Waals surface area contributed by atoms with Gasteiger partial charge in [0.1, 0.15) is 0 Å². The van der Waals surface area contributed by atoms with E-state index in [4.69, 9.17) is 0 Å². The second-order valence-electron chi connectivity index (χ2n) is 8.03. The fraction of sp³-hybridized carbons (Fsp3) is 0.458. The summed E-state index contributed by atoms with van der Waals surface area (Å²) < 4.78 is 27.7. The molecule has 0 saturated carbocycles. The molecule has 2 aromatic carbocycles. The zero-order valence-electron chi connectivity index (χ0n) is 18.4. The van der Waals surface area contributed by atoms with Crippen LogP contribution < -0.4 is 5.32 Å². The van der Waals surface area contributed by atoms with E-state index in [9.17, 15) is 13.2 Å². The largest absolute Gasteiger partial charge is 0.351 e. The van der Waals surface area contributed by atoms with Crippen LogP contribution in [-0.4, -0.2) is 44.0 Å². The van der Waals surface area contributed by atoms with E-state index in [1.165, 1.54) is 17.2 Å². The first-order valence-corrected chi connectivity index (χ1v) is 13.5. The lowest BCUT2D eigenvalue weighted by atomic mass is 10.1. The minimum absolute atomic E-state index is 0.207. The van der Waals surface area contributed by atoms with Crippen molar-refractivity contribution in [1.82, 2.24) is 9.62 Å². The average Bonchev–Trinajstić information content (AvgIpc) is 3.05. The maximum Gasteiger partial charge on any atom is 0.251 e. The zero-order valence-corrected chi connectivity index (χ0v) is 20.0. The Hall–Kier alpha value is -1.83. The quantitative estimate of drug-likeness (QED) is 0.588. The highest BCUT2D eigenvalue weighted by molar-refractivity contribution is 7.98. The van der Waals surface area contributed by atoms with Gasteiger partial charge in [-0.2, -0.15) is 16.1 Å². The zero-order chi connectivity index (χ0) is 22.3. The molecule has 168 valence electrons. The Bertz CT molecular complexity index is 998. The number of carbonyl (C=O) groups is 1. The van der Waals surface area contributed by atoms with Crippen LogP contribution in [0, 0.1) is 13.8 Å². The fourth-order valence-corrected chi connectivity index (χ4v) is 6.20. The summed E-state index contributed by atoms with van der Waals surface area (Å²) in [7, 11) is -3.57. The molecule has 5 nitrogen and oxygen atoms in total. The Labute approximate surface area is 190 Å². The standard InChI is InChI=1S/C24H32N2O3S2/c1-19-9-5-6-10-21(19)18-30-16-13-25-24(27)23-17-22(12-11-20(23)2)31(28,29)26-14-7-3-4-8-15-26/h5-6,9-12,17H,3-4,7-8,13-16,18H2,1-2H3,(H,25,27). The van der Waals surface area contributed by atoms with Gasteiger partial charge in [-0.15, -0.1) is 0 Å². The van der Waals surface area contributed by atoms with Gasteiger partial charge in [-0.3, -0.25) is 4.79 Å². The first-order valence-electron chi connectivity index (χ1n) is 10.9. The summed E-state index contributed by atoms with van der Waals surface area (Å²) in [6, 6.07) is 13.2. The Kier molecular flexibility index (Phi) is 8.58. The number of nitrogens with one attached hydrogen (secondary N) is 1. The van der Waals surface area contributed by atoms with E-state index in [-0.39, 0.29) is 10.8 Å². The number of hydrogen-bond acceptors (Lipinski definition) is 4. The monoisotopic (exact) mass is 460 g/mol. The topological polar surface area (TPSA) is 66.5 Å². The molecule has 1 amide bonds. The van der Waals surface area contributed by atoms with E-state index < -0.39 is 10.0 Å². The van der Waals surface area contributed by atoms with Crippen molar-refractivity contribution in [1.29, 1.82) is 0 Å². The lowest BCUT2D eigenvalue weighted by Crippen LogP contribution is -2.32. The predicted octanol–water partition coefficient (Wildman–Crippen LogP) is 4.53. The smallest absolute Gasteiger partial charge is 0.251 e. The number of thioether (sulfide) groups is 1. The number of nitrogens with zero attached hydrogens (tertiary/aromatic N) is 1. The van der Waals surface area contributed by atoms with E-state index in [0.717, 1.165) is 42.8 Å². The fourth-order valence-electron chi connectivity index (χ4n) is 3.72. The first kappa shape index (κ1) is 23.8. The normalized spacial score (nSPS) is 15.4. The van der Waals surface area contributed by atoms with Crippen LogP contribution in [0.15, 0.2) is 47.4 Å². The van der Waals surface area contributed by atoms with Crippen LogP contribution in [0.3, 0.4) is 0 Å². The van der Waals surface area contributed by atoms with Crippen LogP contribution in [0.5, 0.6) is 0 Å². The van der Waals surface area contributed by atoms with Gasteiger partial charge in [0, 0.05) is 36.7 Å². The number of benzene rings is 2. The Morgan fingerprint density at radius 1 is 1.00 bits per heavy atom. The minimum Gasteiger partial charge on any atom is -0.351 e. The van der Waals surface area contributed by atoms with Gasteiger partial charge >= 0.3 is 0 Å². The lowest BCUT2D eigenvalue weighted by molar-refractivity contribution is 0.0955. The average molecular weight is 461 g/mol. The van der Waals surface area contributed by atoms with Gasteiger partial charge < -0.3 is 5.32 Å². The Morgan fingerprint density at radius 2 is 1.71 bits per heavy atom. The van der Waals surface area contributed by atoms with Crippen molar-refractivity contribution in [2.75, 3.05) is 25.4 Å². The second kappa shape index (κ2) is 11.2. The summed E-state index contributed by atoms with van der Waals surface area (Å²) >= 11 is 1.77. The number of rotatable bonds is 8. The van der Waals surface area contributed by atoms with E-state index in [0.29, 0.717) is 25.2 Å². The Balaban J connectivity index is 1.59. The molecule has 0 bridgehead atoms. The maximum absolute atomic E-state index is 13.1. The van der Waals surface area contributed by atoms with Gasteiger partial charge in [-0.25, -0.2) is 8.42 Å². The number of aryl methyl sites for hydroxylation is 2. The summed E-state index contributed by atoms with van der Waals surface area (Å²) in [6.07, 6.45) is 3.90. The van der Waals surface area contributed by atoms with Crippen molar-refractivity contribution >= 4 is 27.7 Å². The van der Waals surface area contributed by atoms with Crippen molar-refractivity contribution in [2.45, 2.75) is 50.2 Å². The van der Waals surface area contributed by atoms with Crippen LogP contribution in [0.25, 0.3) is 0 Å². The molecule has 0 spiro atoms. The molecule has 0 aromatic heterocycles. The maximum atomic E-state index is 13.1. The van der Waals surface area contributed by atoms with Gasteiger partial charge in [0.2, 0.25) is 10.0 Å². The Morgan fingerprint density at radius 3 is 2.42 bits per heavy atom. The number of carbonyl (C=O) groups excluding carboxylic acids is 1. The molecule has 1 heterocycles. The summed E-state index contributed by atoms with van der Waals surface area (Å²) in [5.74, 6) is 1.48. The van der Waals surface area contributed by atoms with Crippen molar-refractivity contribution in [3.63, 3.8) is 0 Å². The third kappa shape index (κ3) is 6.34. The molecular formula is C24H32N2O3S2. The molecule has 0 unspecified atom stereocenters. The molecule has 31 heavy (non-hydrogen) atoms. The molecule has 1 saturated heterocycles. The minimum atomic E-state index is -3.57. The molecule has 0 radical (unpaired) electrons. The predicted molar refractivity (Wildman–Crippen MR) is 128 cm³/mol. The van der Waals surface area contributed by atoms with Gasteiger partial charge in [0.25, 0.3) is 5.91 Å². The van der Waals surface area contributed by atoms with E-state index in [2.05, 4.69) is 24.4 Å². The van der Waals surface area contributed by atoms with Crippen molar-refractivity contribution in [3.8, 4) is 0 Å². The summed E-state index contributed by atoms with van der Waals surface area (Å²) in [5, 5.41) is 2.94. The molecule has 0 atom stereocenters. The van der Waals surface area contributed by atoms with Crippen molar-refractivity contribution < 1.29 is 13.2 Å². The van der Waals surface area contributed by atoms with Gasteiger partial charge in [-0.05, 0) is 55.5 Å². The molecule has 2 aromatic rings. The number of sulfonamides is 1. The molecule has 0 aliphatic carbocycles. The molecule has 1 aliphatic rings. The molecule has 1 fully saturated rings. The molecular weight excluding hydrogens is 428 g/mol. The summed E-state index contributed by atoms with van der Waals surface area (Å²) in [4.78, 5) is 12.9. The van der Waals surface area contributed by atoms with Gasteiger partial charge in [0.05, 0.1) is 4.90 Å². The van der Waals surface area contributed by atoms with Crippen molar-refractivity contribution in [3.05, 3.63) is 64.7 Å². The summed E-state index contributed by atoms with van der Waals surface area (Å²) in [5.41, 5.74) is 3.79. The highest BCUT2D eigenvalue weighted by atomic mass is 32.2. The number of hydrogen-bond donors (Lipinski definition) is 1. The first-order chi connectivity index (χ1) is 14.9. The highest BCUT2D eigenvalue weighted by Gasteiger charge is 2.26. The third-order valence-corrected chi connectivity index (χ3v) is 8.61. The number of amides is 1. The van der Waals surface area contributed by atoms with Crippen molar-refractivity contribution in [2.24, 2.45) is 0 Å². The van der Waals surface area contributed by atoms with Crippen LogP contribution in [-0.2, 0) is 15.8 Å². The van der Waals surface area contributed by atoms with E-state index in [1.54, 1.807) is 28.2 Å². The van der Waals surface area contributed by atoms with E-state index >= 15 is 0 Å². The lowest BCUT2D eigenvalue weighted by Gasteiger charge is -2.20. The molecule has 7 heteroatoms. The highest BCUT2D eigenvalue weighted by Crippen LogP contribution is 2.23.